The first-order valence-electron chi connectivity index (χ1n) is 9.85. The number of aromatic nitrogens is 2. The Labute approximate surface area is 176 Å². The van der Waals surface area contributed by atoms with E-state index >= 15 is 0 Å². The molecule has 1 amide bonds. The molecule has 0 spiro atoms. The zero-order valence-electron chi connectivity index (χ0n) is 18.0. The maximum Gasteiger partial charge on any atom is 0.416 e. The average molecular weight is 413 g/mol. The third-order valence-electron chi connectivity index (χ3n) is 4.34. The quantitative estimate of drug-likeness (QED) is 0.643. The van der Waals surface area contributed by atoms with E-state index < -0.39 is 17.7 Å². The molecule has 1 aromatic carbocycles. The number of aryl methyl sites for hydroxylation is 1. The van der Waals surface area contributed by atoms with Gasteiger partial charge in [-0.2, -0.15) is 0 Å². The topological polar surface area (TPSA) is 90.9 Å². The number of anilines is 1. The lowest BCUT2D eigenvalue weighted by Crippen LogP contribution is -2.38. The predicted octanol–water partition coefficient (Wildman–Crippen LogP) is 4.52. The number of esters is 1. The number of amides is 1. The number of rotatable bonds is 6. The zero-order valence-corrected chi connectivity index (χ0v) is 18.0. The van der Waals surface area contributed by atoms with Crippen molar-refractivity contribution in [2.45, 2.75) is 46.1 Å². The first-order valence-corrected chi connectivity index (χ1v) is 9.85. The molecule has 1 aliphatic rings. The van der Waals surface area contributed by atoms with E-state index in [9.17, 15) is 9.59 Å². The zero-order chi connectivity index (χ0) is 21.9. The minimum absolute atomic E-state index is 0.246. The van der Waals surface area contributed by atoms with Crippen molar-refractivity contribution < 1.29 is 23.8 Å². The van der Waals surface area contributed by atoms with Crippen LogP contribution in [0.15, 0.2) is 30.6 Å². The molecule has 160 valence electrons. The van der Waals surface area contributed by atoms with Gasteiger partial charge in [0.25, 0.3) is 0 Å². The maximum atomic E-state index is 12.6. The largest absolute Gasteiger partial charge is 0.465 e. The van der Waals surface area contributed by atoms with Crippen molar-refractivity contribution in [3.63, 3.8) is 0 Å². The monoisotopic (exact) mass is 413 g/mol. The van der Waals surface area contributed by atoms with E-state index in [-0.39, 0.29) is 5.88 Å². The second-order valence-electron chi connectivity index (χ2n) is 8.38. The Morgan fingerprint density at radius 2 is 1.87 bits per heavy atom. The molecule has 1 saturated carbocycles. The molecule has 1 aliphatic carbocycles. The van der Waals surface area contributed by atoms with Crippen LogP contribution in [0.3, 0.4) is 0 Å². The van der Waals surface area contributed by atoms with Crippen molar-refractivity contribution in [3.8, 4) is 11.6 Å². The van der Waals surface area contributed by atoms with Crippen LogP contribution in [0.2, 0.25) is 0 Å². The molecule has 0 N–H and O–H groups in total. The Morgan fingerprint density at radius 1 is 1.13 bits per heavy atom. The van der Waals surface area contributed by atoms with Gasteiger partial charge in [-0.15, -0.1) is 0 Å². The van der Waals surface area contributed by atoms with Gasteiger partial charge in [0.2, 0.25) is 5.88 Å². The third kappa shape index (κ3) is 5.92. The molecule has 8 heteroatoms. The fraction of sp³-hybridized carbons (Fsp3) is 0.455. The number of hydrogen-bond donors (Lipinski definition) is 0. The standard InChI is InChI=1S/C22H27N3O5/c1-14-8-16(20(26)28-5)10-17(9-14)29-19-12-23-18(11-24-19)25(13-15-6-7-15)21(27)30-22(2,3)4/h8-12,15H,6-7,13H2,1-5H3. The van der Waals surface area contributed by atoms with Gasteiger partial charge < -0.3 is 14.2 Å². The lowest BCUT2D eigenvalue weighted by molar-refractivity contribution is 0.0573. The van der Waals surface area contributed by atoms with E-state index in [4.69, 9.17) is 14.2 Å². The number of carbonyl (C=O) groups is 2. The molecule has 0 unspecified atom stereocenters. The van der Waals surface area contributed by atoms with Gasteiger partial charge in [0, 0.05) is 6.54 Å². The van der Waals surface area contributed by atoms with Crippen LogP contribution in [0.25, 0.3) is 0 Å². The van der Waals surface area contributed by atoms with Gasteiger partial charge in [-0.3, -0.25) is 4.90 Å². The molecule has 0 atom stereocenters. The minimum atomic E-state index is -0.599. The van der Waals surface area contributed by atoms with Crippen molar-refractivity contribution >= 4 is 17.9 Å². The maximum absolute atomic E-state index is 12.6. The summed E-state index contributed by atoms with van der Waals surface area (Å²) in [5.41, 5.74) is 0.633. The van der Waals surface area contributed by atoms with Crippen LogP contribution in [0.5, 0.6) is 11.6 Å². The van der Waals surface area contributed by atoms with Crippen LogP contribution in [-0.2, 0) is 9.47 Å². The van der Waals surface area contributed by atoms with Gasteiger partial charge in [0.05, 0.1) is 25.1 Å². The lowest BCUT2D eigenvalue weighted by Gasteiger charge is -2.26. The molecule has 1 aromatic heterocycles. The summed E-state index contributed by atoms with van der Waals surface area (Å²) >= 11 is 0. The SMILES string of the molecule is COC(=O)c1cc(C)cc(Oc2cnc(N(CC3CC3)C(=O)OC(C)(C)C)cn2)c1. The second kappa shape index (κ2) is 8.69. The highest BCUT2D eigenvalue weighted by Crippen LogP contribution is 2.32. The predicted molar refractivity (Wildman–Crippen MR) is 111 cm³/mol. The van der Waals surface area contributed by atoms with Crippen LogP contribution in [0.1, 0.15) is 49.5 Å². The number of ether oxygens (including phenoxy) is 3. The van der Waals surface area contributed by atoms with Crippen molar-refractivity contribution in [3.05, 3.63) is 41.7 Å². The van der Waals surface area contributed by atoms with Crippen molar-refractivity contribution in [1.82, 2.24) is 9.97 Å². The van der Waals surface area contributed by atoms with E-state index in [0.29, 0.717) is 29.6 Å². The summed E-state index contributed by atoms with van der Waals surface area (Å²) in [6.45, 7) is 7.88. The smallest absolute Gasteiger partial charge is 0.416 e. The molecule has 1 heterocycles. The van der Waals surface area contributed by atoms with E-state index in [1.54, 1.807) is 18.2 Å². The minimum Gasteiger partial charge on any atom is -0.465 e. The van der Waals surface area contributed by atoms with E-state index in [1.165, 1.54) is 24.4 Å². The average Bonchev–Trinajstić information content (AvgIpc) is 3.48. The Balaban J connectivity index is 1.76. The number of hydrogen-bond acceptors (Lipinski definition) is 7. The molecule has 2 aromatic rings. The molecule has 3 rings (SSSR count). The lowest BCUT2D eigenvalue weighted by atomic mass is 10.1. The van der Waals surface area contributed by atoms with Gasteiger partial charge >= 0.3 is 12.1 Å². The van der Waals surface area contributed by atoms with Crippen molar-refractivity contribution in [2.24, 2.45) is 5.92 Å². The highest BCUT2D eigenvalue weighted by molar-refractivity contribution is 5.90. The number of carbonyl (C=O) groups excluding carboxylic acids is 2. The van der Waals surface area contributed by atoms with E-state index in [2.05, 4.69) is 9.97 Å². The Hall–Kier alpha value is -3.16. The molecular weight excluding hydrogens is 386 g/mol. The van der Waals surface area contributed by atoms with Crippen LogP contribution in [0, 0.1) is 12.8 Å². The van der Waals surface area contributed by atoms with Crippen LogP contribution in [-0.4, -0.2) is 41.3 Å². The number of methoxy groups -OCH3 is 1. The number of nitrogens with zero attached hydrogens (tertiary/aromatic N) is 3. The summed E-state index contributed by atoms with van der Waals surface area (Å²) in [4.78, 5) is 34.6. The van der Waals surface area contributed by atoms with Gasteiger partial charge in [-0.1, -0.05) is 0 Å². The van der Waals surface area contributed by atoms with Crippen molar-refractivity contribution in [1.29, 1.82) is 0 Å². The van der Waals surface area contributed by atoms with Crippen LogP contribution < -0.4 is 9.64 Å². The first kappa shape index (κ1) is 21.5. The molecule has 1 fully saturated rings. The fourth-order valence-corrected chi connectivity index (χ4v) is 2.80. The highest BCUT2D eigenvalue weighted by atomic mass is 16.6. The van der Waals surface area contributed by atoms with E-state index in [0.717, 1.165) is 18.4 Å². The van der Waals surface area contributed by atoms with Gasteiger partial charge in [-0.05, 0) is 70.2 Å². The summed E-state index contributed by atoms with van der Waals surface area (Å²) in [6, 6.07) is 5.07. The molecule has 0 aliphatic heterocycles. The highest BCUT2D eigenvalue weighted by Gasteiger charge is 2.31. The van der Waals surface area contributed by atoms with Crippen molar-refractivity contribution in [2.75, 3.05) is 18.6 Å². The normalized spacial score (nSPS) is 13.5. The Morgan fingerprint density at radius 3 is 2.43 bits per heavy atom. The van der Waals surface area contributed by atoms with Gasteiger partial charge in [-0.25, -0.2) is 19.6 Å². The molecule has 0 saturated heterocycles. The third-order valence-corrected chi connectivity index (χ3v) is 4.34. The van der Waals surface area contributed by atoms with Gasteiger partial charge in [0.1, 0.15) is 11.4 Å². The van der Waals surface area contributed by atoms with Crippen LogP contribution >= 0.6 is 0 Å². The molecule has 0 bridgehead atoms. The first-order chi connectivity index (χ1) is 14.1. The summed E-state index contributed by atoms with van der Waals surface area (Å²) in [7, 11) is 1.33. The van der Waals surface area contributed by atoms with Crippen LogP contribution in [0.4, 0.5) is 10.6 Å². The van der Waals surface area contributed by atoms with Gasteiger partial charge in [0.15, 0.2) is 5.82 Å². The molecular formula is C22H27N3O5. The fourth-order valence-electron chi connectivity index (χ4n) is 2.80. The second-order valence-corrected chi connectivity index (χ2v) is 8.38. The summed E-state index contributed by atoms with van der Waals surface area (Å²) in [5.74, 6) is 1.11. The number of benzene rings is 1. The summed E-state index contributed by atoms with van der Waals surface area (Å²) in [5, 5.41) is 0. The summed E-state index contributed by atoms with van der Waals surface area (Å²) < 4.78 is 16.0. The Bertz CT molecular complexity index is 917. The van der Waals surface area contributed by atoms with E-state index in [1.807, 2.05) is 27.7 Å². The molecule has 0 radical (unpaired) electrons. The molecule has 8 nitrogen and oxygen atoms in total. The summed E-state index contributed by atoms with van der Waals surface area (Å²) in [6.07, 6.45) is 4.66. The molecule has 30 heavy (non-hydrogen) atoms. The Kier molecular flexibility index (Phi) is 6.24.